The number of pyridine rings is 3. The molecular formula is C129H75N15O4+6. The van der Waals surface area contributed by atoms with Crippen molar-refractivity contribution >= 4 is 109 Å². The number of para-hydroxylation sites is 5. The lowest BCUT2D eigenvalue weighted by Gasteiger charge is -2.32. The standard InChI is InChI=1S/C47H27N5O.C47H28N4O.C35H20N6O2/c1-4-13-37-33(10-1)34-11-2-5-14-38(34)48(37)27-25-30-19-21-31(22-20-30)32-28-50-40-16-9-17-41-44(40)47(51(50)29-32)45-42(53-41)24-23-36-35-12-3-6-15-39(35)52(46(36)45)43-18-7-8-26-49(43)47;1-3-12-34-31(10-1)26-32-11-2-4-13-35(32)43(34)30-21-19-29(20-22-30)33-27-49-39-16-9-17-40-44(39)47(50(49)28-33)45-41(52-40)24-23-37-36-14-5-6-15-38(36)51(46(37)45)42-18-7-8-25-48(42)47;1-2-9-21(10-3-1)33-36-37-34(43-33)22-19-39-26-13-8-14-27-30(26)35(40(39)20-22)31-28(42-27)17-16-24-23-11-4-5-12-25(23)41(32(24)31)29-15-6-7-18-38(29)35/h1-24,26,28-29H;1-28H;1-20H/q3*+2. The Balaban J connectivity index is 0.0000000938. The first-order chi connectivity index (χ1) is 73.4. The molecule has 3 spiro atoms. The molecule has 684 valence electrons. The van der Waals surface area contributed by atoms with Gasteiger partial charge in [0.2, 0.25) is 24.5 Å². The molecule has 0 fully saturated rings. The molecule has 17 aromatic carbocycles. The highest BCUT2D eigenvalue weighted by Crippen LogP contribution is 2.61. The fourth-order valence-corrected chi connectivity index (χ4v) is 26.8. The van der Waals surface area contributed by atoms with Crippen LogP contribution in [0.25, 0.3) is 200 Å². The van der Waals surface area contributed by atoms with Crippen molar-refractivity contribution in [2.24, 2.45) is 0 Å². The molecule has 37 rings (SSSR count). The Hall–Kier alpha value is -20.4. The summed E-state index contributed by atoms with van der Waals surface area (Å²) in [6.07, 6.45) is 20.0. The normalized spacial score (nSPS) is 16.0. The summed E-state index contributed by atoms with van der Waals surface area (Å²) in [7, 11) is 0. The minimum absolute atomic E-state index is 0.469. The molecule has 19 heteroatoms. The van der Waals surface area contributed by atoms with E-state index in [1.165, 1.54) is 103 Å². The third-order valence-corrected chi connectivity index (χ3v) is 32.5. The van der Waals surface area contributed by atoms with E-state index in [-0.39, 0.29) is 0 Å². The predicted octanol–water partition coefficient (Wildman–Crippen LogP) is 24.5. The lowest BCUT2D eigenvalue weighted by Crippen LogP contribution is -2.76. The molecule has 0 radical (unpaired) electrons. The van der Waals surface area contributed by atoms with E-state index in [0.717, 1.165) is 158 Å². The molecule has 0 bridgehead atoms. The van der Waals surface area contributed by atoms with E-state index in [1.807, 2.05) is 30.3 Å². The van der Waals surface area contributed by atoms with Crippen LogP contribution < -0.4 is 42.0 Å². The molecule has 3 unspecified atom stereocenters. The topological polar surface area (TPSA) is 124 Å². The summed E-state index contributed by atoms with van der Waals surface area (Å²) in [5, 5.41) is 23.7. The van der Waals surface area contributed by atoms with Gasteiger partial charge < -0.3 is 18.6 Å². The zero-order chi connectivity index (χ0) is 96.0. The second-order valence-corrected chi connectivity index (χ2v) is 39.6. The molecule has 11 aromatic heterocycles. The summed E-state index contributed by atoms with van der Waals surface area (Å²) in [5.41, 5.74) is 27.1. The van der Waals surface area contributed by atoms with Crippen LogP contribution >= 0.6 is 0 Å². The highest BCUT2D eigenvalue weighted by molar-refractivity contribution is 6.16. The van der Waals surface area contributed by atoms with Gasteiger partial charge in [-0.15, -0.1) is 24.2 Å². The van der Waals surface area contributed by atoms with Crippen LogP contribution in [0, 0.1) is 12.0 Å². The second kappa shape index (κ2) is 28.1. The SMILES string of the molecule is C(#Cn1c2ccccc2c2ccccc21)c1ccc(-c2cn3[n+](c2)C24c5c(cccc5-3)Oc3ccc5c6ccccc6n(c5c32)-c2cccc[n+]24)cc1.c1cc2c3c(c1)-n1cc(-c4ccc(-c5c6ccccc6cc6ccccc56)cc4)c[n+]1C31c3c(ccc4c5ccccc5n(c34)-c3cccc[n+]31)O2.c1ccc(-c2nnc(-c3cn4[n+](c3)C35c6c(cccc6-4)Oc4ccc6c7ccccc7n(c6c43)-c3cccc[n+]35)o2)cc1. The molecule has 0 aliphatic carbocycles. The van der Waals surface area contributed by atoms with E-state index >= 15 is 0 Å². The number of benzene rings is 17. The van der Waals surface area contributed by atoms with Gasteiger partial charge in [0.15, 0.2) is 33.2 Å². The number of fused-ring (bicyclic) bond motifs is 26. The van der Waals surface area contributed by atoms with Gasteiger partial charge >= 0.3 is 17.0 Å². The van der Waals surface area contributed by atoms with E-state index in [4.69, 9.17) is 18.6 Å². The lowest BCUT2D eigenvalue weighted by molar-refractivity contribution is -0.993. The largest absolute Gasteiger partial charge is 0.456 e. The van der Waals surface area contributed by atoms with Crippen molar-refractivity contribution < 1.29 is 46.4 Å². The highest BCUT2D eigenvalue weighted by atomic mass is 16.5. The van der Waals surface area contributed by atoms with Crippen molar-refractivity contribution in [2.45, 2.75) is 17.0 Å². The molecule has 0 N–H and O–H groups in total. The number of rotatable bonds is 5. The van der Waals surface area contributed by atoms with E-state index in [9.17, 15) is 0 Å². The van der Waals surface area contributed by atoms with Gasteiger partial charge in [-0.25, -0.2) is 0 Å². The maximum atomic E-state index is 6.82. The number of hydrogen-bond donors (Lipinski definition) is 0. The Kier molecular flexibility index (Phi) is 14.9. The Labute approximate surface area is 841 Å². The molecule has 20 heterocycles. The van der Waals surface area contributed by atoms with Crippen LogP contribution in [0.2, 0.25) is 0 Å². The van der Waals surface area contributed by atoms with Crippen LogP contribution in [0.3, 0.4) is 0 Å². The van der Waals surface area contributed by atoms with Crippen LogP contribution in [0.5, 0.6) is 34.5 Å². The third kappa shape index (κ3) is 9.70. The number of ether oxygens (including phenoxy) is 3. The summed E-state index contributed by atoms with van der Waals surface area (Å²) in [4.78, 5) is 0. The Morgan fingerprint density at radius 1 is 0.250 bits per heavy atom. The van der Waals surface area contributed by atoms with Gasteiger partial charge in [0.1, 0.15) is 90.4 Å². The van der Waals surface area contributed by atoms with Gasteiger partial charge in [0, 0.05) is 78.5 Å². The summed E-state index contributed by atoms with van der Waals surface area (Å²) in [5.74, 6) is 12.9. The predicted molar refractivity (Wildman–Crippen MR) is 568 cm³/mol. The summed E-state index contributed by atoms with van der Waals surface area (Å²) in [6, 6.07) is 146. The summed E-state index contributed by atoms with van der Waals surface area (Å²) >= 11 is 0. The molecule has 19 nitrogen and oxygen atoms in total. The first kappa shape index (κ1) is 78.3. The molecular weight excluding hydrogens is 1820 g/mol. The average molecular weight is 1900 g/mol. The van der Waals surface area contributed by atoms with Gasteiger partial charge in [-0.05, 0) is 220 Å². The lowest BCUT2D eigenvalue weighted by atomic mass is 9.84. The highest BCUT2D eigenvalue weighted by Gasteiger charge is 2.73. The van der Waals surface area contributed by atoms with Gasteiger partial charge in [-0.1, -0.05) is 226 Å². The van der Waals surface area contributed by atoms with Crippen molar-refractivity contribution in [3.63, 3.8) is 0 Å². The third-order valence-electron chi connectivity index (χ3n) is 32.5. The molecule has 0 amide bonds. The Bertz CT molecular complexity index is 10900. The number of hydrogen-bond acceptors (Lipinski definition) is 6. The average Bonchev–Trinajstić information content (AvgIpc) is 1.48. The molecule has 9 aliphatic heterocycles. The fraction of sp³-hybridized carbons (Fsp3) is 0.0233. The monoisotopic (exact) mass is 1900 g/mol. The van der Waals surface area contributed by atoms with Crippen molar-refractivity contribution in [3.8, 4) is 137 Å². The molecule has 148 heavy (non-hydrogen) atoms. The zero-order valence-electron chi connectivity index (χ0n) is 78.6. The van der Waals surface area contributed by atoms with Crippen molar-refractivity contribution in [3.05, 3.63) is 495 Å². The second-order valence-electron chi connectivity index (χ2n) is 39.6. The van der Waals surface area contributed by atoms with Crippen molar-refractivity contribution in [1.29, 1.82) is 0 Å². The van der Waals surface area contributed by atoms with E-state index in [2.05, 4.69) is 508 Å². The van der Waals surface area contributed by atoms with Gasteiger partial charge in [0.05, 0.1) is 59.3 Å². The quantitative estimate of drug-likeness (QED) is 0.0960. The zero-order valence-corrected chi connectivity index (χ0v) is 78.6. The van der Waals surface area contributed by atoms with Crippen LogP contribution in [0.1, 0.15) is 38.9 Å². The Morgan fingerprint density at radius 2 is 0.588 bits per heavy atom. The maximum Gasteiger partial charge on any atom is 0.397 e. The molecule has 0 saturated heterocycles. The smallest absolute Gasteiger partial charge is 0.397 e. The van der Waals surface area contributed by atoms with Crippen LogP contribution in [0.4, 0.5) is 0 Å². The van der Waals surface area contributed by atoms with Gasteiger partial charge in [-0.2, -0.15) is 27.4 Å². The van der Waals surface area contributed by atoms with Gasteiger partial charge in [-0.3, -0.25) is 4.57 Å². The van der Waals surface area contributed by atoms with Crippen molar-refractivity contribution in [1.82, 2.24) is 42.5 Å². The number of nitrogens with zero attached hydrogens (tertiary/aromatic N) is 15. The van der Waals surface area contributed by atoms with Crippen LogP contribution in [-0.2, 0) is 17.0 Å². The Morgan fingerprint density at radius 3 is 1.01 bits per heavy atom. The molecule has 28 aromatic rings. The molecule has 9 aliphatic rings. The molecule has 0 saturated carbocycles. The first-order valence-electron chi connectivity index (χ1n) is 50.1. The van der Waals surface area contributed by atoms with E-state index < -0.39 is 17.0 Å². The summed E-state index contributed by atoms with van der Waals surface area (Å²) < 4.78 is 57.2. The first-order valence-corrected chi connectivity index (χ1v) is 50.1. The fourth-order valence-electron chi connectivity index (χ4n) is 26.8. The van der Waals surface area contributed by atoms with Crippen molar-refractivity contribution in [2.75, 3.05) is 0 Å². The minimum atomic E-state index is -0.749. The molecule has 3 atom stereocenters. The maximum absolute atomic E-state index is 6.82. The van der Waals surface area contributed by atoms with Crippen LogP contribution in [-0.4, -0.2) is 42.5 Å². The number of aromatic nitrogens is 15. The summed E-state index contributed by atoms with van der Waals surface area (Å²) in [6.45, 7) is 0. The minimum Gasteiger partial charge on any atom is -0.456 e. The van der Waals surface area contributed by atoms with E-state index in [0.29, 0.717) is 11.8 Å². The van der Waals surface area contributed by atoms with E-state index in [1.54, 1.807) is 0 Å². The van der Waals surface area contributed by atoms with Gasteiger partial charge in [0.25, 0.3) is 23.3 Å². The van der Waals surface area contributed by atoms with Crippen LogP contribution in [0.15, 0.2) is 461 Å².